The van der Waals surface area contributed by atoms with Crippen molar-refractivity contribution in [3.05, 3.63) is 6.42 Å². The first-order chi connectivity index (χ1) is 4.18. The molecule has 1 aliphatic rings. The van der Waals surface area contributed by atoms with Crippen molar-refractivity contribution in [2.45, 2.75) is 6.23 Å². The number of carbonyl (C=O) groups is 1. The molecule has 5 heteroatoms. The molecular weight excluding hydrogens is 122 g/mol. The molecule has 4 N–H and O–H groups in total. The van der Waals surface area contributed by atoms with E-state index < -0.39 is 12.3 Å². The zero-order valence-electron chi connectivity index (χ0n) is 4.53. The number of nitrogens with zero attached hydrogens (tertiary/aromatic N) is 1. The van der Waals surface area contributed by atoms with Gasteiger partial charge in [0.25, 0.3) is 0 Å². The monoisotopic (exact) mass is 128 g/mol. The molecule has 0 aromatic heterocycles. The first kappa shape index (κ1) is 6.03. The van der Waals surface area contributed by atoms with Gasteiger partial charge < -0.3 is 16.2 Å². The lowest BCUT2D eigenvalue weighted by Crippen LogP contribution is -2.42. The van der Waals surface area contributed by atoms with Gasteiger partial charge >= 0.3 is 6.03 Å². The van der Waals surface area contributed by atoms with E-state index in [1.54, 1.807) is 0 Å². The summed E-state index contributed by atoms with van der Waals surface area (Å²) in [5.41, 5.74) is 5.09. The van der Waals surface area contributed by atoms with E-state index in [2.05, 4.69) is 10.3 Å². The average molecular weight is 128 g/mol. The molecule has 0 aromatic rings. The number of hydrogen-bond donors (Lipinski definition) is 3. The summed E-state index contributed by atoms with van der Waals surface area (Å²) >= 11 is 0. The first-order valence-electron chi connectivity index (χ1n) is 2.36. The standard InChI is InChI=1S/C4H6N3O2/c5-2-1-3(8)7-4(9)6-2/h1,3,8H,(H3,5,6,7,9). The van der Waals surface area contributed by atoms with Crippen LogP contribution in [0.15, 0.2) is 4.99 Å². The number of rotatable bonds is 0. The molecule has 0 saturated heterocycles. The van der Waals surface area contributed by atoms with Gasteiger partial charge in [0, 0.05) is 0 Å². The van der Waals surface area contributed by atoms with Gasteiger partial charge in [-0.15, -0.1) is 0 Å². The summed E-state index contributed by atoms with van der Waals surface area (Å²) in [4.78, 5) is 13.6. The molecule has 0 aliphatic carbocycles. The molecule has 0 bridgehead atoms. The lowest BCUT2D eigenvalue weighted by atomic mass is 10.3. The van der Waals surface area contributed by atoms with Gasteiger partial charge in [0.2, 0.25) is 0 Å². The number of hydrogen-bond acceptors (Lipinski definition) is 3. The van der Waals surface area contributed by atoms with Crippen LogP contribution in [0, 0.1) is 6.42 Å². The second-order valence-corrected chi connectivity index (χ2v) is 1.60. The number of nitrogens with one attached hydrogen (secondary N) is 1. The Labute approximate surface area is 51.6 Å². The SMILES string of the molecule is NC1=NC(=O)NC(O)[CH]1. The number of amidine groups is 1. The van der Waals surface area contributed by atoms with Gasteiger partial charge in [-0.1, -0.05) is 0 Å². The number of aliphatic imine (C=N–C) groups is 1. The zero-order valence-corrected chi connectivity index (χ0v) is 4.53. The highest BCUT2D eigenvalue weighted by Crippen LogP contribution is 1.93. The molecule has 0 spiro atoms. The minimum Gasteiger partial charge on any atom is -0.387 e. The van der Waals surface area contributed by atoms with Gasteiger partial charge in [0.05, 0.1) is 6.42 Å². The molecule has 1 atom stereocenters. The quantitative estimate of drug-likeness (QED) is 0.374. The predicted molar refractivity (Wildman–Crippen MR) is 30.5 cm³/mol. The summed E-state index contributed by atoms with van der Waals surface area (Å²) in [7, 11) is 0. The van der Waals surface area contributed by atoms with Crippen molar-refractivity contribution >= 4 is 11.9 Å². The van der Waals surface area contributed by atoms with E-state index in [0.717, 1.165) is 0 Å². The third-order valence-corrected chi connectivity index (χ3v) is 0.831. The van der Waals surface area contributed by atoms with Crippen LogP contribution in [0.4, 0.5) is 4.79 Å². The first-order valence-corrected chi connectivity index (χ1v) is 2.36. The molecule has 1 unspecified atom stereocenters. The fourth-order valence-electron chi connectivity index (χ4n) is 0.517. The van der Waals surface area contributed by atoms with Crippen LogP contribution in [-0.2, 0) is 0 Å². The Bertz CT molecular complexity index is 165. The maximum Gasteiger partial charge on any atom is 0.344 e. The van der Waals surface area contributed by atoms with Crippen LogP contribution < -0.4 is 11.1 Å². The van der Waals surface area contributed by atoms with Crippen molar-refractivity contribution in [2.75, 3.05) is 0 Å². The molecule has 49 valence electrons. The Balaban J connectivity index is 2.67. The summed E-state index contributed by atoms with van der Waals surface area (Å²) < 4.78 is 0. The minimum atomic E-state index is -0.991. The molecule has 5 nitrogen and oxygen atoms in total. The Kier molecular flexibility index (Phi) is 1.35. The van der Waals surface area contributed by atoms with Crippen molar-refractivity contribution in [1.29, 1.82) is 0 Å². The van der Waals surface area contributed by atoms with Crippen molar-refractivity contribution in [1.82, 2.24) is 5.32 Å². The summed E-state index contributed by atoms with van der Waals surface area (Å²) in [6, 6.07) is -0.609. The lowest BCUT2D eigenvalue weighted by Gasteiger charge is -2.14. The van der Waals surface area contributed by atoms with E-state index in [1.807, 2.05) is 0 Å². The molecule has 1 aliphatic heterocycles. The Morgan fingerprint density at radius 3 is 3.00 bits per heavy atom. The minimum absolute atomic E-state index is 0.0475. The number of carbonyl (C=O) groups excluding carboxylic acids is 1. The molecular formula is C4H6N3O2. The third kappa shape index (κ3) is 1.39. The van der Waals surface area contributed by atoms with Crippen molar-refractivity contribution < 1.29 is 9.90 Å². The van der Waals surface area contributed by atoms with Crippen LogP contribution in [0.1, 0.15) is 0 Å². The lowest BCUT2D eigenvalue weighted by molar-refractivity contribution is 0.172. The number of aliphatic hydroxyl groups excluding tert-OH is 1. The van der Waals surface area contributed by atoms with E-state index in [4.69, 9.17) is 10.8 Å². The molecule has 0 aromatic carbocycles. The normalized spacial score (nSPS) is 27.0. The van der Waals surface area contributed by atoms with Crippen LogP contribution in [0.3, 0.4) is 0 Å². The largest absolute Gasteiger partial charge is 0.387 e. The van der Waals surface area contributed by atoms with Crippen LogP contribution in [0.5, 0.6) is 0 Å². The Morgan fingerprint density at radius 1 is 1.89 bits per heavy atom. The van der Waals surface area contributed by atoms with Crippen LogP contribution >= 0.6 is 0 Å². The van der Waals surface area contributed by atoms with Crippen LogP contribution in [0.2, 0.25) is 0 Å². The summed E-state index contributed by atoms with van der Waals surface area (Å²) in [6.07, 6.45) is 0.247. The number of aliphatic hydroxyl groups is 1. The molecule has 0 saturated carbocycles. The fourth-order valence-corrected chi connectivity index (χ4v) is 0.517. The molecule has 0 fully saturated rings. The van der Waals surface area contributed by atoms with E-state index in [-0.39, 0.29) is 5.84 Å². The van der Waals surface area contributed by atoms with E-state index >= 15 is 0 Å². The highest BCUT2D eigenvalue weighted by Gasteiger charge is 2.15. The van der Waals surface area contributed by atoms with Crippen molar-refractivity contribution in [3.63, 3.8) is 0 Å². The summed E-state index contributed by atoms with van der Waals surface area (Å²) in [5, 5.41) is 10.8. The number of urea groups is 1. The Morgan fingerprint density at radius 2 is 2.56 bits per heavy atom. The molecule has 1 radical (unpaired) electrons. The highest BCUT2D eigenvalue weighted by molar-refractivity contribution is 6.00. The third-order valence-electron chi connectivity index (χ3n) is 0.831. The predicted octanol–water partition coefficient (Wildman–Crippen LogP) is -1.41. The second kappa shape index (κ2) is 2.02. The van der Waals surface area contributed by atoms with E-state index in [9.17, 15) is 4.79 Å². The second-order valence-electron chi connectivity index (χ2n) is 1.60. The number of nitrogens with two attached hydrogens (primary N) is 1. The van der Waals surface area contributed by atoms with Gasteiger partial charge in [-0.05, 0) is 0 Å². The van der Waals surface area contributed by atoms with E-state index in [1.165, 1.54) is 6.42 Å². The van der Waals surface area contributed by atoms with Crippen molar-refractivity contribution in [2.24, 2.45) is 10.7 Å². The van der Waals surface area contributed by atoms with E-state index in [0.29, 0.717) is 0 Å². The molecule has 1 rings (SSSR count). The van der Waals surface area contributed by atoms with Gasteiger partial charge in [0.15, 0.2) is 0 Å². The van der Waals surface area contributed by atoms with Gasteiger partial charge in [-0.3, -0.25) is 0 Å². The zero-order chi connectivity index (χ0) is 6.85. The molecule has 1 heterocycles. The highest BCUT2D eigenvalue weighted by atomic mass is 16.3. The van der Waals surface area contributed by atoms with Gasteiger partial charge in [-0.25, -0.2) is 4.79 Å². The molecule has 2 amide bonds. The summed E-state index contributed by atoms with van der Waals surface area (Å²) in [6.45, 7) is 0. The maximum absolute atomic E-state index is 10.3. The van der Waals surface area contributed by atoms with Gasteiger partial charge in [0.1, 0.15) is 12.1 Å². The summed E-state index contributed by atoms with van der Waals surface area (Å²) in [5.74, 6) is 0.0475. The Hall–Kier alpha value is -1.10. The van der Waals surface area contributed by atoms with Crippen LogP contribution in [-0.4, -0.2) is 23.2 Å². The maximum atomic E-state index is 10.3. The molecule has 9 heavy (non-hydrogen) atoms. The average Bonchev–Trinajstić information content (AvgIpc) is 1.59. The van der Waals surface area contributed by atoms with Crippen LogP contribution in [0.25, 0.3) is 0 Å². The van der Waals surface area contributed by atoms with Gasteiger partial charge in [-0.2, -0.15) is 4.99 Å². The number of amides is 2. The smallest absolute Gasteiger partial charge is 0.344 e. The fraction of sp³-hybridized carbons (Fsp3) is 0.250. The van der Waals surface area contributed by atoms with Crippen molar-refractivity contribution in [3.8, 4) is 0 Å². The topological polar surface area (TPSA) is 87.7 Å².